The second-order valence-corrected chi connectivity index (χ2v) is 6.30. The zero-order chi connectivity index (χ0) is 16.0. The molecule has 2 heterocycles. The quantitative estimate of drug-likeness (QED) is 0.921. The maximum Gasteiger partial charge on any atom is 0.416 e. The molecule has 0 amide bonds. The molecule has 0 saturated carbocycles. The summed E-state index contributed by atoms with van der Waals surface area (Å²) in [5.74, 6) is 0. The number of aromatic nitrogens is 1. The van der Waals surface area contributed by atoms with Crippen molar-refractivity contribution in [3.8, 4) is 0 Å². The van der Waals surface area contributed by atoms with Gasteiger partial charge in [0.2, 0.25) is 0 Å². The first kappa shape index (κ1) is 14.6. The molecule has 3 rings (SSSR count). The van der Waals surface area contributed by atoms with E-state index in [9.17, 15) is 21.6 Å². The Bertz CT molecular complexity index is 807. The summed E-state index contributed by atoms with van der Waals surface area (Å²) in [4.78, 5) is 3.89. The lowest BCUT2D eigenvalue weighted by Gasteiger charge is -2.16. The Morgan fingerprint density at radius 1 is 1.23 bits per heavy atom. The molecule has 0 aliphatic carbocycles. The largest absolute Gasteiger partial charge is 0.416 e. The summed E-state index contributed by atoms with van der Waals surface area (Å²) in [6, 6.07) is 6.13. The number of hydrogen-bond donors (Lipinski definition) is 1. The van der Waals surface area contributed by atoms with Gasteiger partial charge in [0.15, 0.2) is 0 Å². The van der Waals surface area contributed by atoms with E-state index < -0.39 is 21.9 Å². The molecule has 1 aromatic heterocycles. The molecule has 0 atom stereocenters. The Labute approximate surface area is 124 Å². The van der Waals surface area contributed by atoms with Gasteiger partial charge in [-0.15, -0.1) is 0 Å². The second-order valence-electron chi connectivity index (χ2n) is 4.70. The average Bonchev–Trinajstić information content (AvgIpc) is 2.69. The molecule has 9 heteroatoms. The molecule has 1 aliphatic rings. The number of rotatable bonds is 2. The van der Waals surface area contributed by atoms with E-state index in [0.717, 1.165) is 22.5 Å². The van der Waals surface area contributed by atoms with E-state index in [1.807, 2.05) is 0 Å². The van der Waals surface area contributed by atoms with Crippen LogP contribution in [0.4, 0.5) is 24.5 Å². The van der Waals surface area contributed by atoms with Crippen LogP contribution in [0.2, 0.25) is 0 Å². The normalized spacial score (nSPS) is 16.2. The monoisotopic (exact) mass is 329 g/mol. The SMILES string of the molecule is O=S1(=O)Nc2cc(C(F)(F)F)ccc2N1Cc1cccnc1. The van der Waals surface area contributed by atoms with Crippen molar-refractivity contribution in [1.29, 1.82) is 0 Å². The summed E-state index contributed by atoms with van der Waals surface area (Å²) in [6.45, 7) is -0.0124. The first-order chi connectivity index (χ1) is 10.3. The molecule has 0 spiro atoms. The molecule has 0 fully saturated rings. The van der Waals surface area contributed by atoms with Crippen LogP contribution in [0, 0.1) is 0 Å². The lowest BCUT2D eigenvalue weighted by atomic mass is 10.1. The summed E-state index contributed by atoms with van der Waals surface area (Å²) in [5.41, 5.74) is -0.187. The number of hydrogen-bond acceptors (Lipinski definition) is 3. The van der Waals surface area contributed by atoms with Crippen molar-refractivity contribution in [2.24, 2.45) is 0 Å². The van der Waals surface area contributed by atoms with Crippen molar-refractivity contribution in [3.63, 3.8) is 0 Å². The van der Waals surface area contributed by atoms with Crippen molar-refractivity contribution < 1.29 is 21.6 Å². The van der Waals surface area contributed by atoms with Gasteiger partial charge >= 0.3 is 16.4 Å². The van der Waals surface area contributed by atoms with Gasteiger partial charge in [0.05, 0.1) is 23.5 Å². The van der Waals surface area contributed by atoms with E-state index in [1.165, 1.54) is 6.20 Å². The molecule has 0 saturated heterocycles. The number of halogens is 3. The molecule has 5 nitrogen and oxygen atoms in total. The van der Waals surface area contributed by atoms with Crippen LogP contribution in [0.25, 0.3) is 0 Å². The maximum absolute atomic E-state index is 12.7. The van der Waals surface area contributed by atoms with Crippen molar-refractivity contribution in [3.05, 3.63) is 53.9 Å². The molecule has 116 valence electrons. The lowest BCUT2D eigenvalue weighted by Crippen LogP contribution is -2.29. The van der Waals surface area contributed by atoms with Crippen LogP contribution in [0.15, 0.2) is 42.7 Å². The van der Waals surface area contributed by atoms with E-state index in [2.05, 4.69) is 9.71 Å². The Hall–Kier alpha value is -2.29. The fourth-order valence-corrected chi connectivity index (χ4v) is 3.45. The molecule has 1 N–H and O–H groups in total. The molecule has 1 aromatic carbocycles. The number of fused-ring (bicyclic) bond motifs is 1. The van der Waals surface area contributed by atoms with Crippen LogP contribution in [0.3, 0.4) is 0 Å². The van der Waals surface area contributed by atoms with Gasteiger partial charge in [0.1, 0.15) is 0 Å². The number of alkyl halides is 3. The summed E-state index contributed by atoms with van der Waals surface area (Å²) in [5, 5.41) is 0. The molecule has 0 bridgehead atoms. The van der Waals surface area contributed by atoms with Crippen molar-refractivity contribution in [2.45, 2.75) is 12.7 Å². The van der Waals surface area contributed by atoms with Gasteiger partial charge in [-0.05, 0) is 29.8 Å². The minimum absolute atomic E-state index is 0.0124. The topological polar surface area (TPSA) is 62.3 Å². The van der Waals surface area contributed by atoms with Gasteiger partial charge < -0.3 is 0 Å². The third-order valence-electron chi connectivity index (χ3n) is 3.17. The van der Waals surface area contributed by atoms with Gasteiger partial charge in [-0.1, -0.05) is 6.07 Å². The van der Waals surface area contributed by atoms with Crippen LogP contribution in [-0.4, -0.2) is 13.4 Å². The zero-order valence-corrected chi connectivity index (χ0v) is 11.8. The first-order valence-corrected chi connectivity index (χ1v) is 7.62. The Morgan fingerprint density at radius 2 is 2.00 bits per heavy atom. The van der Waals surface area contributed by atoms with E-state index in [4.69, 9.17) is 0 Å². The molecule has 0 radical (unpaired) electrons. The number of anilines is 2. The zero-order valence-electron chi connectivity index (χ0n) is 11.0. The van der Waals surface area contributed by atoms with Crippen LogP contribution < -0.4 is 9.03 Å². The highest BCUT2D eigenvalue weighted by Gasteiger charge is 2.36. The highest BCUT2D eigenvalue weighted by molar-refractivity contribution is 7.94. The number of nitrogens with zero attached hydrogens (tertiary/aromatic N) is 2. The van der Waals surface area contributed by atoms with Crippen molar-refractivity contribution in [2.75, 3.05) is 9.03 Å². The fraction of sp³-hybridized carbons (Fsp3) is 0.154. The fourth-order valence-electron chi connectivity index (χ4n) is 2.16. The summed E-state index contributed by atoms with van der Waals surface area (Å²) < 4.78 is 65.4. The minimum atomic E-state index is -4.53. The molecule has 22 heavy (non-hydrogen) atoms. The van der Waals surface area contributed by atoms with Gasteiger partial charge in [0.25, 0.3) is 0 Å². The molecule has 2 aromatic rings. The maximum atomic E-state index is 12.7. The van der Waals surface area contributed by atoms with E-state index in [-0.39, 0.29) is 17.9 Å². The summed E-state index contributed by atoms with van der Waals surface area (Å²) >= 11 is 0. The van der Waals surface area contributed by atoms with Crippen molar-refractivity contribution in [1.82, 2.24) is 4.98 Å². The molecular weight excluding hydrogens is 319 g/mol. The smallest absolute Gasteiger partial charge is 0.264 e. The van der Waals surface area contributed by atoms with Crippen LogP contribution >= 0.6 is 0 Å². The average molecular weight is 329 g/mol. The van der Waals surface area contributed by atoms with E-state index in [1.54, 1.807) is 18.3 Å². The highest BCUT2D eigenvalue weighted by atomic mass is 32.2. The number of benzene rings is 1. The van der Waals surface area contributed by atoms with Gasteiger partial charge in [-0.3, -0.25) is 9.71 Å². The van der Waals surface area contributed by atoms with Crippen molar-refractivity contribution >= 4 is 21.6 Å². The summed E-state index contributed by atoms with van der Waals surface area (Å²) in [6.07, 6.45) is -1.49. The number of pyridine rings is 1. The van der Waals surface area contributed by atoms with Gasteiger partial charge in [-0.25, -0.2) is 4.31 Å². The molecule has 0 unspecified atom stereocenters. The highest BCUT2D eigenvalue weighted by Crippen LogP contribution is 2.40. The molecule has 1 aliphatic heterocycles. The van der Waals surface area contributed by atoms with Gasteiger partial charge in [0, 0.05) is 12.4 Å². The van der Waals surface area contributed by atoms with Crippen LogP contribution in [-0.2, 0) is 22.9 Å². The Balaban J connectivity index is 2.00. The molecular formula is C13H10F3N3O2S. The third-order valence-corrected chi connectivity index (χ3v) is 4.55. The van der Waals surface area contributed by atoms with Crippen LogP contribution in [0.1, 0.15) is 11.1 Å². The second kappa shape index (κ2) is 4.87. The third kappa shape index (κ3) is 2.59. The Morgan fingerprint density at radius 3 is 2.64 bits per heavy atom. The number of nitrogens with one attached hydrogen (secondary N) is 1. The van der Waals surface area contributed by atoms with E-state index >= 15 is 0 Å². The predicted octanol–water partition coefficient (Wildman–Crippen LogP) is 2.78. The lowest BCUT2D eigenvalue weighted by molar-refractivity contribution is -0.137. The van der Waals surface area contributed by atoms with Gasteiger partial charge in [-0.2, -0.15) is 21.6 Å². The minimum Gasteiger partial charge on any atom is -0.264 e. The Kier molecular flexibility index (Phi) is 3.24. The van der Waals surface area contributed by atoms with Crippen LogP contribution in [0.5, 0.6) is 0 Å². The first-order valence-electron chi connectivity index (χ1n) is 6.18. The predicted molar refractivity (Wildman–Crippen MR) is 74.4 cm³/mol. The standard InChI is InChI=1S/C13H10F3N3O2S/c14-13(15,16)10-3-4-12-11(6-10)18-22(20,21)19(12)8-9-2-1-5-17-7-9/h1-7,18H,8H2. The van der Waals surface area contributed by atoms with E-state index in [0.29, 0.717) is 5.56 Å². The summed E-state index contributed by atoms with van der Waals surface area (Å²) in [7, 11) is -3.92.